The minimum absolute atomic E-state index is 0.0896. The molecule has 3 aliphatic rings. The van der Waals surface area contributed by atoms with Gasteiger partial charge in [-0.2, -0.15) is 0 Å². The van der Waals surface area contributed by atoms with Gasteiger partial charge in [-0.1, -0.05) is 164 Å². The van der Waals surface area contributed by atoms with Gasteiger partial charge in [-0.25, -0.2) is 15.0 Å². The van der Waals surface area contributed by atoms with Crippen molar-refractivity contribution in [2.45, 2.75) is 11.5 Å². The zero-order valence-electron chi connectivity index (χ0n) is 30.9. The van der Waals surface area contributed by atoms with Crippen molar-refractivity contribution in [3.8, 4) is 62.3 Å². The molecule has 11 rings (SSSR count). The predicted octanol–water partition coefficient (Wildman–Crippen LogP) is 12.0. The van der Waals surface area contributed by atoms with Gasteiger partial charge >= 0.3 is 0 Å². The fraction of sp³-hybridized carbons (Fsp3) is 0.0577. The van der Waals surface area contributed by atoms with Crippen molar-refractivity contribution in [2.75, 3.05) is 0 Å². The second kappa shape index (κ2) is 13.4. The molecular weight excluding hydrogens is 699 g/mol. The van der Waals surface area contributed by atoms with E-state index in [9.17, 15) is 0 Å². The normalized spacial score (nSPS) is 16.9. The molecule has 57 heavy (non-hydrogen) atoms. The summed E-state index contributed by atoms with van der Waals surface area (Å²) in [4.78, 5) is 15.6. The van der Waals surface area contributed by atoms with Crippen LogP contribution in [-0.2, 0) is 5.41 Å². The highest BCUT2D eigenvalue weighted by Crippen LogP contribution is 2.61. The molecule has 0 saturated carbocycles. The first-order valence-corrected chi connectivity index (χ1v) is 19.3. The Morgan fingerprint density at radius 3 is 1.40 bits per heavy atom. The molecule has 0 N–H and O–H groups in total. The summed E-state index contributed by atoms with van der Waals surface area (Å²) in [5, 5.41) is 0. The Hall–Kier alpha value is -7.37. The number of fused-ring (bicyclic) bond motifs is 8. The minimum Gasteiger partial charge on any atom is -0.485 e. The molecule has 3 heterocycles. The number of para-hydroxylation sites is 3. The van der Waals surface area contributed by atoms with Gasteiger partial charge in [0.2, 0.25) is 0 Å². The van der Waals surface area contributed by atoms with Crippen molar-refractivity contribution in [1.82, 2.24) is 15.0 Å². The van der Waals surface area contributed by atoms with Crippen LogP contribution in [0, 0.1) is 5.92 Å². The zero-order valence-corrected chi connectivity index (χ0v) is 30.9. The lowest BCUT2D eigenvalue weighted by atomic mass is 9.57. The molecule has 5 nitrogen and oxygen atoms in total. The first-order chi connectivity index (χ1) is 28.2. The third-order valence-electron chi connectivity index (χ3n) is 11.4. The minimum atomic E-state index is -0.561. The molecule has 0 bridgehead atoms. The molecule has 1 aliphatic carbocycles. The molecule has 8 aromatic rings. The number of ether oxygens (including phenoxy) is 2. The number of hydrogen-bond acceptors (Lipinski definition) is 5. The van der Waals surface area contributed by atoms with Crippen LogP contribution < -0.4 is 9.47 Å². The van der Waals surface area contributed by atoms with Gasteiger partial charge in [0, 0.05) is 39.3 Å². The molecule has 5 heteroatoms. The maximum Gasteiger partial charge on any atom is 0.164 e. The van der Waals surface area contributed by atoms with Crippen molar-refractivity contribution in [2.24, 2.45) is 5.92 Å². The van der Waals surface area contributed by atoms with E-state index in [0.717, 1.165) is 72.9 Å². The number of nitrogens with zero attached hydrogens (tertiary/aromatic N) is 3. The Morgan fingerprint density at radius 1 is 0.404 bits per heavy atom. The Bertz CT molecular complexity index is 2740. The van der Waals surface area contributed by atoms with Crippen LogP contribution in [0.3, 0.4) is 0 Å². The van der Waals surface area contributed by atoms with Gasteiger partial charge in [0.1, 0.15) is 23.4 Å². The average Bonchev–Trinajstić information content (AvgIpc) is 3.29. The maximum atomic E-state index is 6.96. The summed E-state index contributed by atoms with van der Waals surface area (Å²) < 4.78 is 13.5. The number of hydrogen-bond donors (Lipinski definition) is 0. The van der Waals surface area contributed by atoms with E-state index < -0.39 is 5.41 Å². The second-order valence-corrected chi connectivity index (χ2v) is 14.7. The van der Waals surface area contributed by atoms with Crippen LogP contribution in [0.4, 0.5) is 0 Å². The maximum absolute atomic E-state index is 6.96. The highest BCUT2D eigenvalue weighted by molar-refractivity contribution is 5.79. The van der Waals surface area contributed by atoms with E-state index in [2.05, 4.69) is 170 Å². The number of rotatable bonds is 5. The monoisotopic (exact) mass is 733 g/mol. The first-order valence-electron chi connectivity index (χ1n) is 19.3. The fourth-order valence-corrected chi connectivity index (χ4v) is 8.90. The molecule has 7 aromatic carbocycles. The lowest BCUT2D eigenvalue weighted by Gasteiger charge is -2.51. The molecule has 0 amide bonds. The Balaban J connectivity index is 1.08. The molecule has 0 fully saturated rings. The topological polar surface area (TPSA) is 57.1 Å². The molecule has 0 radical (unpaired) electrons. The largest absolute Gasteiger partial charge is 0.485 e. The van der Waals surface area contributed by atoms with Gasteiger partial charge in [0.25, 0.3) is 0 Å². The lowest BCUT2D eigenvalue weighted by Crippen LogP contribution is -2.50. The SMILES string of the molecule is C1=CC2C(C=C1c1nc(-c3cccc(-c4ccccc4)c3)nc(-c3cccc(-c4ccccc4)c3)n1)Oc1ccccc1C21c2ccccc2Oc2ccccc21. The van der Waals surface area contributed by atoms with E-state index in [4.69, 9.17) is 24.4 Å². The third kappa shape index (κ3) is 5.50. The highest BCUT2D eigenvalue weighted by Gasteiger charge is 2.55. The Labute approximate surface area is 331 Å². The van der Waals surface area contributed by atoms with Gasteiger partial charge in [-0.05, 0) is 58.7 Å². The molecular formula is C52H35N3O2. The summed E-state index contributed by atoms with van der Waals surface area (Å²) in [6, 6.07) is 62.9. The second-order valence-electron chi connectivity index (χ2n) is 14.7. The van der Waals surface area contributed by atoms with E-state index in [1.165, 1.54) is 0 Å². The van der Waals surface area contributed by atoms with E-state index in [-0.39, 0.29) is 12.0 Å². The predicted molar refractivity (Wildman–Crippen MR) is 226 cm³/mol. The van der Waals surface area contributed by atoms with Crippen LogP contribution >= 0.6 is 0 Å². The Morgan fingerprint density at radius 2 is 0.842 bits per heavy atom. The van der Waals surface area contributed by atoms with Gasteiger partial charge in [-0.15, -0.1) is 0 Å². The van der Waals surface area contributed by atoms with Gasteiger partial charge in [0.05, 0.1) is 5.41 Å². The van der Waals surface area contributed by atoms with Crippen molar-refractivity contribution in [3.63, 3.8) is 0 Å². The molecule has 2 aliphatic heterocycles. The van der Waals surface area contributed by atoms with Crippen LogP contribution in [-0.4, -0.2) is 21.1 Å². The lowest BCUT2D eigenvalue weighted by molar-refractivity contribution is 0.135. The van der Waals surface area contributed by atoms with Crippen LogP contribution in [0.1, 0.15) is 22.5 Å². The smallest absolute Gasteiger partial charge is 0.164 e. The van der Waals surface area contributed by atoms with E-state index in [1.807, 2.05) is 30.3 Å². The van der Waals surface area contributed by atoms with E-state index >= 15 is 0 Å². The number of allylic oxidation sites excluding steroid dienone is 2. The molecule has 2 unspecified atom stereocenters. The molecule has 1 spiro atoms. The van der Waals surface area contributed by atoms with Crippen LogP contribution in [0.2, 0.25) is 0 Å². The zero-order chi connectivity index (χ0) is 37.8. The summed E-state index contributed by atoms with van der Waals surface area (Å²) in [7, 11) is 0. The van der Waals surface area contributed by atoms with Gasteiger partial charge < -0.3 is 9.47 Å². The standard InChI is InChI=1S/C52H35N3O2/c1-3-15-34(16-4-1)36-19-13-21-38(31-36)49-53-50(39-22-14-20-37(32-39)35-17-5-2-6-18-35)55-51(54-49)40-29-30-44-48(33-40)57-47-28-12-9-25-43(47)52(44)41-23-7-10-26-45(41)56-46-27-11-8-24-42(46)52/h1-33,44,48H. The van der Waals surface area contributed by atoms with Crippen LogP contribution in [0.5, 0.6) is 17.2 Å². The third-order valence-corrected chi connectivity index (χ3v) is 11.4. The fourth-order valence-electron chi connectivity index (χ4n) is 8.90. The Kier molecular flexibility index (Phi) is 7.78. The molecule has 2 atom stereocenters. The number of aromatic nitrogens is 3. The summed E-state index contributed by atoms with van der Waals surface area (Å²) in [6.07, 6.45) is 6.34. The summed E-state index contributed by atoms with van der Waals surface area (Å²) in [5.41, 5.74) is 9.97. The first kappa shape index (κ1) is 33.0. The molecule has 0 saturated heterocycles. The van der Waals surface area contributed by atoms with Crippen molar-refractivity contribution in [1.29, 1.82) is 0 Å². The van der Waals surface area contributed by atoms with Gasteiger partial charge in [-0.3, -0.25) is 0 Å². The number of benzene rings is 7. The average molecular weight is 734 g/mol. The van der Waals surface area contributed by atoms with Crippen LogP contribution in [0.15, 0.2) is 200 Å². The van der Waals surface area contributed by atoms with Gasteiger partial charge in [0.15, 0.2) is 17.5 Å². The summed E-state index contributed by atoms with van der Waals surface area (Å²) in [5.74, 6) is 4.27. The molecule has 1 aromatic heterocycles. The van der Waals surface area contributed by atoms with Crippen molar-refractivity contribution in [3.05, 3.63) is 223 Å². The van der Waals surface area contributed by atoms with Crippen molar-refractivity contribution >= 4 is 5.57 Å². The summed E-state index contributed by atoms with van der Waals surface area (Å²) in [6.45, 7) is 0. The highest BCUT2D eigenvalue weighted by atomic mass is 16.5. The molecule has 270 valence electrons. The van der Waals surface area contributed by atoms with E-state index in [0.29, 0.717) is 17.5 Å². The van der Waals surface area contributed by atoms with Crippen LogP contribution in [0.25, 0.3) is 50.6 Å². The van der Waals surface area contributed by atoms with E-state index in [1.54, 1.807) is 0 Å². The van der Waals surface area contributed by atoms with Crippen molar-refractivity contribution < 1.29 is 9.47 Å². The summed E-state index contributed by atoms with van der Waals surface area (Å²) >= 11 is 0. The quantitative estimate of drug-likeness (QED) is 0.176.